The Morgan fingerprint density at radius 2 is 1.16 bits per heavy atom. The largest absolute Gasteiger partial charge is 0.489 e. The zero-order valence-corrected chi connectivity index (χ0v) is 33.6. The Bertz CT molecular complexity index is 2480. The molecule has 0 amide bonds. The SMILES string of the molecule is O=C(O)c1ccc(COc2ccc([N+](=O)[O-])cc2CNc2cc(C(F)(F)F)c(N3CCN(c4cccc(C(F)(F)F)c4)CC3)cc2N2CCN(c3cccc(C(F)(F)F)c3)CC2)cc1. The van der Waals surface area contributed by atoms with Crippen molar-refractivity contribution in [2.24, 2.45) is 0 Å². The molecule has 0 unspecified atom stereocenters. The summed E-state index contributed by atoms with van der Waals surface area (Å²) in [4.78, 5) is 29.2. The number of nitrogens with zero attached hydrogens (tertiary/aromatic N) is 5. The van der Waals surface area contributed by atoms with Crippen LogP contribution in [0.25, 0.3) is 0 Å². The number of carboxylic acids is 1. The van der Waals surface area contributed by atoms with Crippen LogP contribution in [-0.4, -0.2) is 68.4 Å². The summed E-state index contributed by atoms with van der Waals surface area (Å²) in [6, 6.07) is 21.4. The van der Waals surface area contributed by atoms with Gasteiger partial charge in [-0.2, -0.15) is 39.5 Å². The molecule has 0 bridgehead atoms. The normalized spacial score (nSPS) is 15.0. The van der Waals surface area contributed by atoms with Gasteiger partial charge < -0.3 is 34.8 Å². The number of anilines is 5. The predicted octanol–water partition coefficient (Wildman–Crippen LogP) is 10.2. The second kappa shape index (κ2) is 18.1. The van der Waals surface area contributed by atoms with Gasteiger partial charge in [-0.3, -0.25) is 10.1 Å². The fraction of sp³-hybridized carbons (Fsp3) is 0.295. The Hall–Kier alpha value is -6.86. The summed E-state index contributed by atoms with van der Waals surface area (Å²) in [5.41, 5.74) is -1.53. The van der Waals surface area contributed by atoms with Crippen molar-refractivity contribution in [2.45, 2.75) is 31.7 Å². The van der Waals surface area contributed by atoms with Crippen molar-refractivity contribution in [3.05, 3.63) is 147 Å². The van der Waals surface area contributed by atoms with E-state index in [4.69, 9.17) is 4.74 Å². The number of alkyl halides is 9. The van der Waals surface area contributed by atoms with E-state index in [0.29, 0.717) is 16.9 Å². The fourth-order valence-corrected chi connectivity index (χ4v) is 7.69. The number of nitrogens with one attached hydrogen (secondary N) is 1. The number of hydrogen-bond acceptors (Lipinski definition) is 9. The third-order valence-electron chi connectivity index (χ3n) is 11.1. The molecule has 11 nitrogen and oxygen atoms in total. The van der Waals surface area contributed by atoms with E-state index in [1.807, 2.05) is 0 Å². The zero-order valence-electron chi connectivity index (χ0n) is 33.6. The lowest BCUT2D eigenvalue weighted by molar-refractivity contribution is -0.384. The number of rotatable bonds is 12. The highest BCUT2D eigenvalue weighted by atomic mass is 19.4. The van der Waals surface area contributed by atoms with Crippen LogP contribution in [0.1, 0.15) is 38.2 Å². The van der Waals surface area contributed by atoms with Crippen LogP contribution < -0.4 is 29.7 Å². The molecule has 0 saturated carbocycles. The summed E-state index contributed by atoms with van der Waals surface area (Å²) in [5.74, 6) is -0.977. The molecule has 338 valence electrons. The number of carboxylic acid groups (broad SMARTS) is 1. The number of carbonyl (C=O) groups is 1. The fourth-order valence-electron chi connectivity index (χ4n) is 7.69. The second-order valence-electron chi connectivity index (χ2n) is 15.1. The summed E-state index contributed by atoms with van der Waals surface area (Å²) in [6.07, 6.45) is -14.1. The number of ether oxygens (including phenoxy) is 1. The summed E-state index contributed by atoms with van der Waals surface area (Å²) < 4.78 is 132. The first-order valence-corrected chi connectivity index (χ1v) is 19.8. The molecular weight excluding hydrogens is 864 g/mol. The van der Waals surface area contributed by atoms with E-state index >= 15 is 13.2 Å². The van der Waals surface area contributed by atoms with Gasteiger partial charge in [0.25, 0.3) is 5.69 Å². The van der Waals surface area contributed by atoms with Crippen molar-refractivity contribution < 1.29 is 59.1 Å². The Balaban J connectivity index is 1.20. The summed E-state index contributed by atoms with van der Waals surface area (Å²) >= 11 is 0. The molecule has 2 aliphatic heterocycles. The van der Waals surface area contributed by atoms with Crippen LogP contribution in [0, 0.1) is 10.1 Å². The van der Waals surface area contributed by atoms with Crippen LogP contribution in [0.15, 0.2) is 103 Å². The highest BCUT2D eigenvalue weighted by molar-refractivity contribution is 5.87. The van der Waals surface area contributed by atoms with Crippen LogP contribution in [-0.2, 0) is 31.7 Å². The number of aromatic carboxylic acids is 1. The molecule has 2 heterocycles. The first kappa shape index (κ1) is 45.2. The first-order valence-electron chi connectivity index (χ1n) is 19.8. The average molecular weight is 903 g/mol. The molecule has 5 aromatic rings. The van der Waals surface area contributed by atoms with E-state index in [-0.39, 0.29) is 105 Å². The van der Waals surface area contributed by atoms with Crippen LogP contribution in [0.2, 0.25) is 0 Å². The summed E-state index contributed by atoms with van der Waals surface area (Å²) in [7, 11) is 0. The van der Waals surface area contributed by atoms with E-state index < -0.39 is 46.1 Å². The van der Waals surface area contributed by atoms with Gasteiger partial charge in [0.1, 0.15) is 12.4 Å². The Labute approximate surface area is 360 Å². The van der Waals surface area contributed by atoms with Gasteiger partial charge in [0, 0.05) is 88.0 Å². The smallest absolute Gasteiger partial charge is 0.418 e. The first-order chi connectivity index (χ1) is 30.2. The lowest BCUT2D eigenvalue weighted by Gasteiger charge is -2.41. The van der Waals surface area contributed by atoms with E-state index in [2.05, 4.69) is 5.32 Å². The van der Waals surface area contributed by atoms with Crippen molar-refractivity contribution in [3.63, 3.8) is 0 Å². The molecular formula is C44H39F9N6O5. The topological polar surface area (TPSA) is 115 Å². The van der Waals surface area contributed by atoms with Gasteiger partial charge >= 0.3 is 24.5 Å². The van der Waals surface area contributed by atoms with Crippen molar-refractivity contribution in [2.75, 3.05) is 77.3 Å². The van der Waals surface area contributed by atoms with Gasteiger partial charge in [-0.15, -0.1) is 0 Å². The van der Waals surface area contributed by atoms with Gasteiger partial charge in [0.2, 0.25) is 0 Å². The van der Waals surface area contributed by atoms with Gasteiger partial charge in [0.15, 0.2) is 0 Å². The molecule has 5 aromatic carbocycles. The predicted molar refractivity (Wildman–Crippen MR) is 221 cm³/mol. The van der Waals surface area contributed by atoms with E-state index in [1.54, 1.807) is 14.7 Å². The van der Waals surface area contributed by atoms with Crippen molar-refractivity contribution >= 4 is 40.1 Å². The molecule has 2 aliphatic rings. The van der Waals surface area contributed by atoms with Gasteiger partial charge in [0.05, 0.1) is 44.2 Å². The number of halogens is 9. The minimum absolute atomic E-state index is 0.00656. The molecule has 2 fully saturated rings. The number of hydrogen-bond donors (Lipinski definition) is 2. The number of nitro groups is 1. The second-order valence-corrected chi connectivity index (χ2v) is 15.1. The molecule has 0 atom stereocenters. The molecule has 64 heavy (non-hydrogen) atoms. The molecule has 0 radical (unpaired) electrons. The quantitative estimate of drug-likeness (QED) is 0.0713. The maximum Gasteiger partial charge on any atom is 0.418 e. The zero-order chi connectivity index (χ0) is 46.0. The van der Waals surface area contributed by atoms with Gasteiger partial charge in [-0.1, -0.05) is 24.3 Å². The molecule has 7 rings (SSSR count). The molecule has 0 aromatic heterocycles. The maximum atomic E-state index is 15.1. The van der Waals surface area contributed by atoms with Crippen molar-refractivity contribution in [3.8, 4) is 5.75 Å². The van der Waals surface area contributed by atoms with Crippen LogP contribution in [0.4, 0.5) is 73.6 Å². The van der Waals surface area contributed by atoms with Crippen molar-refractivity contribution in [1.29, 1.82) is 0 Å². The van der Waals surface area contributed by atoms with Gasteiger partial charge in [-0.05, 0) is 72.3 Å². The monoisotopic (exact) mass is 902 g/mol. The van der Waals surface area contributed by atoms with Crippen LogP contribution in [0.3, 0.4) is 0 Å². The highest BCUT2D eigenvalue weighted by Crippen LogP contribution is 2.44. The standard InChI is InChI=1S/C44H39F9N6O5/c45-42(46,47)31-3-1-5-33(22-31)55-13-17-57(18-14-55)38-25-39(58-19-15-56(16-20-58)34-6-2-4-32(23-34)43(48,49)50)37(24-36(38)44(51,52)53)54-26-30-21-35(59(62)63)11-12-40(30)64-27-28-7-9-29(10-8-28)41(60)61/h1-12,21-25,54H,13-20,26-27H2,(H,60,61). The Morgan fingerprint density at radius 3 is 1.64 bits per heavy atom. The molecule has 2 N–H and O–H groups in total. The molecule has 2 saturated heterocycles. The Kier molecular flexibility index (Phi) is 12.8. The maximum absolute atomic E-state index is 15.1. The summed E-state index contributed by atoms with van der Waals surface area (Å²) in [6.45, 7) is 0.622. The molecule has 0 spiro atoms. The number of non-ortho nitro benzene ring substituents is 1. The van der Waals surface area contributed by atoms with Gasteiger partial charge in [-0.25, -0.2) is 4.79 Å². The minimum Gasteiger partial charge on any atom is -0.489 e. The van der Waals surface area contributed by atoms with E-state index in [1.165, 1.54) is 77.7 Å². The van der Waals surface area contributed by atoms with Crippen molar-refractivity contribution in [1.82, 2.24) is 0 Å². The number of nitro benzene ring substituents is 1. The Morgan fingerprint density at radius 1 is 0.641 bits per heavy atom. The lowest BCUT2D eigenvalue weighted by atomic mass is 10.0. The molecule has 0 aliphatic carbocycles. The minimum atomic E-state index is -4.90. The van der Waals surface area contributed by atoms with Crippen LogP contribution >= 0.6 is 0 Å². The number of piperazine rings is 2. The third-order valence-corrected chi connectivity index (χ3v) is 11.1. The number of benzene rings is 5. The third kappa shape index (κ3) is 10.5. The molecule has 20 heteroatoms. The summed E-state index contributed by atoms with van der Waals surface area (Å²) in [5, 5.41) is 24.1. The van der Waals surface area contributed by atoms with Crippen LogP contribution in [0.5, 0.6) is 5.75 Å². The van der Waals surface area contributed by atoms with E-state index in [9.17, 15) is 46.4 Å². The highest BCUT2D eigenvalue weighted by Gasteiger charge is 2.38. The lowest BCUT2D eigenvalue weighted by Crippen LogP contribution is -2.48. The average Bonchev–Trinajstić information content (AvgIpc) is 3.27. The van der Waals surface area contributed by atoms with E-state index in [0.717, 1.165) is 30.3 Å².